The lowest BCUT2D eigenvalue weighted by Gasteiger charge is -2.10. The minimum absolute atomic E-state index is 0.378. The molecule has 2 N–H and O–H groups in total. The third kappa shape index (κ3) is 2.45. The molecule has 0 aliphatic heterocycles. The van der Waals surface area contributed by atoms with Crippen LogP contribution >= 0.6 is 0 Å². The lowest BCUT2D eigenvalue weighted by Crippen LogP contribution is -2.08. The summed E-state index contributed by atoms with van der Waals surface area (Å²) in [4.78, 5) is 4.84. The molecule has 0 aliphatic carbocycles. The van der Waals surface area contributed by atoms with Gasteiger partial charge in [-0.3, -0.25) is 0 Å². The van der Waals surface area contributed by atoms with Crippen molar-refractivity contribution in [1.29, 1.82) is 0 Å². The lowest BCUT2D eigenvalue weighted by molar-refractivity contribution is 0.616. The van der Waals surface area contributed by atoms with E-state index in [1.165, 1.54) is 11.1 Å². The van der Waals surface area contributed by atoms with Gasteiger partial charge in [0.15, 0.2) is 0 Å². The number of anilines is 1. The molecular formula is C17H25N3. The number of rotatable bonds is 4. The van der Waals surface area contributed by atoms with Gasteiger partial charge in [0, 0.05) is 18.0 Å². The van der Waals surface area contributed by atoms with Crippen LogP contribution in [-0.4, -0.2) is 9.55 Å². The van der Waals surface area contributed by atoms with Crippen molar-refractivity contribution in [2.45, 2.75) is 53.5 Å². The van der Waals surface area contributed by atoms with Gasteiger partial charge in [-0.15, -0.1) is 0 Å². The van der Waals surface area contributed by atoms with Crippen molar-refractivity contribution in [3.63, 3.8) is 0 Å². The van der Waals surface area contributed by atoms with Crippen molar-refractivity contribution in [3.8, 4) is 11.3 Å². The molecule has 1 heterocycles. The molecule has 20 heavy (non-hydrogen) atoms. The van der Waals surface area contributed by atoms with Crippen molar-refractivity contribution in [2.24, 2.45) is 0 Å². The molecule has 0 radical (unpaired) electrons. The summed E-state index contributed by atoms with van der Waals surface area (Å²) < 4.78 is 2.17. The Morgan fingerprint density at radius 2 is 1.95 bits per heavy atom. The quantitative estimate of drug-likeness (QED) is 0.901. The zero-order valence-electron chi connectivity index (χ0n) is 13.2. The molecule has 1 aromatic carbocycles. The highest BCUT2D eigenvalue weighted by Crippen LogP contribution is 2.32. The average molecular weight is 271 g/mol. The molecule has 2 rings (SSSR count). The Hall–Kier alpha value is -1.77. The molecule has 1 aromatic heterocycles. The molecule has 0 saturated carbocycles. The summed E-state index contributed by atoms with van der Waals surface area (Å²) in [5.74, 6) is 2.26. The molecule has 0 amide bonds. The number of hydrogen-bond acceptors (Lipinski definition) is 2. The Morgan fingerprint density at radius 3 is 2.55 bits per heavy atom. The van der Waals surface area contributed by atoms with Crippen LogP contribution in [0.2, 0.25) is 0 Å². The molecule has 3 heteroatoms. The van der Waals surface area contributed by atoms with E-state index in [4.69, 9.17) is 10.7 Å². The highest BCUT2D eigenvalue weighted by molar-refractivity contribution is 5.74. The molecular weight excluding hydrogens is 246 g/mol. The number of aryl methyl sites for hydroxylation is 1. The largest absolute Gasteiger partial charge is 0.383 e. The summed E-state index contributed by atoms with van der Waals surface area (Å²) in [7, 11) is 0. The fourth-order valence-corrected chi connectivity index (χ4v) is 2.59. The van der Waals surface area contributed by atoms with Gasteiger partial charge in [0.05, 0.1) is 0 Å². The van der Waals surface area contributed by atoms with Gasteiger partial charge in [0.25, 0.3) is 0 Å². The first-order valence-electron chi connectivity index (χ1n) is 7.39. The fraction of sp³-hybridized carbons (Fsp3) is 0.471. The van der Waals surface area contributed by atoms with E-state index in [2.05, 4.69) is 57.4 Å². The van der Waals surface area contributed by atoms with Crippen LogP contribution in [0, 0.1) is 13.8 Å². The van der Waals surface area contributed by atoms with E-state index in [1.807, 2.05) is 0 Å². The zero-order chi connectivity index (χ0) is 14.9. The average Bonchev–Trinajstić information content (AvgIpc) is 2.72. The Morgan fingerprint density at radius 1 is 1.25 bits per heavy atom. The van der Waals surface area contributed by atoms with Crippen molar-refractivity contribution in [1.82, 2.24) is 9.55 Å². The molecule has 0 atom stereocenters. The van der Waals surface area contributed by atoms with Crippen LogP contribution in [0.5, 0.6) is 0 Å². The van der Waals surface area contributed by atoms with Crippen molar-refractivity contribution >= 4 is 5.82 Å². The van der Waals surface area contributed by atoms with Crippen LogP contribution in [0.25, 0.3) is 11.3 Å². The number of aromatic nitrogens is 2. The number of nitrogens with two attached hydrogens (primary N) is 1. The van der Waals surface area contributed by atoms with Gasteiger partial charge >= 0.3 is 0 Å². The maximum absolute atomic E-state index is 6.38. The Labute approximate surface area is 121 Å². The summed E-state index contributed by atoms with van der Waals surface area (Å²) in [5.41, 5.74) is 11.0. The Balaban J connectivity index is 2.63. The van der Waals surface area contributed by atoms with Crippen LogP contribution in [0.15, 0.2) is 18.2 Å². The van der Waals surface area contributed by atoms with Gasteiger partial charge in [-0.05, 0) is 31.4 Å². The molecule has 0 fully saturated rings. The molecule has 108 valence electrons. The van der Waals surface area contributed by atoms with E-state index in [-0.39, 0.29) is 0 Å². The van der Waals surface area contributed by atoms with Crippen LogP contribution in [0.4, 0.5) is 5.82 Å². The van der Waals surface area contributed by atoms with Crippen LogP contribution in [0.3, 0.4) is 0 Å². The number of nitrogen functional groups attached to an aromatic ring is 1. The van der Waals surface area contributed by atoms with E-state index in [0.717, 1.165) is 35.9 Å². The molecule has 3 nitrogen and oxygen atoms in total. The lowest BCUT2D eigenvalue weighted by atomic mass is 10.0. The van der Waals surface area contributed by atoms with Crippen molar-refractivity contribution in [2.75, 3.05) is 5.73 Å². The monoisotopic (exact) mass is 271 g/mol. The third-order valence-electron chi connectivity index (χ3n) is 3.86. The molecule has 0 spiro atoms. The van der Waals surface area contributed by atoms with Gasteiger partial charge in [0.1, 0.15) is 17.3 Å². The number of imidazole rings is 1. The molecule has 2 aromatic rings. The molecule has 0 saturated heterocycles. The first-order chi connectivity index (χ1) is 9.47. The summed E-state index contributed by atoms with van der Waals surface area (Å²) in [5, 5.41) is 0. The zero-order valence-corrected chi connectivity index (χ0v) is 13.2. The number of benzene rings is 1. The van der Waals surface area contributed by atoms with E-state index in [1.54, 1.807) is 0 Å². The van der Waals surface area contributed by atoms with E-state index in [9.17, 15) is 0 Å². The predicted octanol–water partition coefficient (Wildman–Crippen LogP) is 4.28. The van der Waals surface area contributed by atoms with Crippen molar-refractivity contribution in [3.05, 3.63) is 35.2 Å². The van der Waals surface area contributed by atoms with Crippen LogP contribution in [0.1, 0.15) is 50.1 Å². The van der Waals surface area contributed by atoms with Gasteiger partial charge in [-0.25, -0.2) is 4.98 Å². The second-order valence-electron chi connectivity index (χ2n) is 5.76. The standard InChI is InChI=1S/C17H25N3/c1-6-10-20-16(18)15(19-17(20)11(2)3)14-9-7-8-12(4)13(14)5/h7-9,11H,6,10,18H2,1-5H3. The van der Waals surface area contributed by atoms with E-state index < -0.39 is 0 Å². The molecule has 0 aliphatic rings. The predicted molar refractivity (Wildman–Crippen MR) is 85.9 cm³/mol. The maximum atomic E-state index is 6.38. The third-order valence-corrected chi connectivity index (χ3v) is 3.86. The van der Waals surface area contributed by atoms with Crippen molar-refractivity contribution < 1.29 is 0 Å². The highest BCUT2D eigenvalue weighted by atomic mass is 15.1. The number of hydrogen-bond donors (Lipinski definition) is 1. The van der Waals surface area contributed by atoms with Crippen LogP contribution in [-0.2, 0) is 6.54 Å². The smallest absolute Gasteiger partial charge is 0.131 e. The summed E-state index contributed by atoms with van der Waals surface area (Å²) in [6.07, 6.45) is 1.06. The first-order valence-corrected chi connectivity index (χ1v) is 7.39. The minimum atomic E-state index is 0.378. The van der Waals surface area contributed by atoms with Gasteiger partial charge in [-0.2, -0.15) is 0 Å². The SMILES string of the molecule is CCCn1c(C(C)C)nc(-c2cccc(C)c2C)c1N. The summed E-state index contributed by atoms with van der Waals surface area (Å²) in [6.45, 7) is 11.7. The first kappa shape index (κ1) is 14.6. The Bertz CT molecular complexity index is 609. The number of nitrogens with zero attached hydrogens (tertiary/aromatic N) is 2. The van der Waals surface area contributed by atoms with E-state index in [0.29, 0.717) is 5.92 Å². The van der Waals surface area contributed by atoms with E-state index >= 15 is 0 Å². The topological polar surface area (TPSA) is 43.8 Å². The normalized spacial score (nSPS) is 11.3. The minimum Gasteiger partial charge on any atom is -0.383 e. The summed E-state index contributed by atoms with van der Waals surface area (Å²) >= 11 is 0. The second kappa shape index (κ2) is 5.70. The Kier molecular flexibility index (Phi) is 4.17. The molecule has 0 unspecified atom stereocenters. The fourth-order valence-electron chi connectivity index (χ4n) is 2.59. The van der Waals surface area contributed by atoms with Gasteiger partial charge in [-0.1, -0.05) is 39.0 Å². The summed E-state index contributed by atoms with van der Waals surface area (Å²) in [6, 6.07) is 6.31. The molecule has 0 bridgehead atoms. The van der Waals surface area contributed by atoms with Gasteiger partial charge in [0.2, 0.25) is 0 Å². The maximum Gasteiger partial charge on any atom is 0.131 e. The van der Waals surface area contributed by atoms with Crippen LogP contribution < -0.4 is 5.73 Å². The highest BCUT2D eigenvalue weighted by Gasteiger charge is 2.19. The second-order valence-corrected chi connectivity index (χ2v) is 5.76. The van der Waals surface area contributed by atoms with Gasteiger partial charge < -0.3 is 10.3 Å².